The summed E-state index contributed by atoms with van der Waals surface area (Å²) in [4.78, 5) is 28.5. The van der Waals surface area contributed by atoms with E-state index in [4.69, 9.17) is 4.74 Å². The molecule has 0 saturated carbocycles. The van der Waals surface area contributed by atoms with Crippen LogP contribution in [-0.2, 0) is 4.79 Å². The van der Waals surface area contributed by atoms with E-state index in [-0.39, 0.29) is 23.9 Å². The van der Waals surface area contributed by atoms with Crippen molar-refractivity contribution in [1.29, 1.82) is 0 Å². The van der Waals surface area contributed by atoms with Gasteiger partial charge in [0, 0.05) is 26.2 Å². The molecule has 3 saturated heterocycles. The summed E-state index contributed by atoms with van der Waals surface area (Å²) in [5.74, 6) is 0.666. The molecule has 0 radical (unpaired) electrons. The van der Waals surface area contributed by atoms with Crippen LogP contribution in [0.15, 0.2) is 36.9 Å². The molecule has 1 N–H and O–H groups in total. The first kappa shape index (κ1) is 16.4. The van der Waals surface area contributed by atoms with E-state index in [2.05, 4.69) is 11.9 Å². The predicted octanol–water partition coefficient (Wildman–Crippen LogP) is 2.34. The van der Waals surface area contributed by atoms with Gasteiger partial charge in [-0.15, -0.1) is 0 Å². The predicted molar refractivity (Wildman–Crippen MR) is 92.0 cm³/mol. The fraction of sp³-hybridized carbons (Fsp3) is 0.444. The van der Waals surface area contributed by atoms with Crippen molar-refractivity contribution in [2.75, 3.05) is 32.1 Å². The van der Waals surface area contributed by atoms with Crippen molar-refractivity contribution in [3.8, 4) is 5.75 Å². The van der Waals surface area contributed by atoms with Crippen molar-refractivity contribution < 1.29 is 14.3 Å². The molecule has 3 aliphatic heterocycles. The Morgan fingerprint density at radius 1 is 1.38 bits per heavy atom. The zero-order valence-corrected chi connectivity index (χ0v) is 13.9. The summed E-state index contributed by atoms with van der Waals surface area (Å²) in [6, 6.07) is 7.23. The quantitative estimate of drug-likeness (QED) is 0.863. The lowest BCUT2D eigenvalue weighted by atomic mass is 9.95. The minimum atomic E-state index is -0.190. The van der Waals surface area contributed by atoms with Crippen LogP contribution >= 0.6 is 0 Å². The highest BCUT2D eigenvalue weighted by Crippen LogP contribution is 2.29. The van der Waals surface area contributed by atoms with Crippen LogP contribution in [0, 0.1) is 5.92 Å². The van der Waals surface area contributed by atoms with Crippen LogP contribution in [0.25, 0.3) is 0 Å². The Hall–Kier alpha value is -2.50. The van der Waals surface area contributed by atoms with Crippen LogP contribution in [-0.4, -0.2) is 54.5 Å². The number of carbonyl (C=O) groups is 2. The van der Waals surface area contributed by atoms with Gasteiger partial charge in [-0.25, -0.2) is 4.79 Å². The number of amides is 3. The number of piperidine rings is 1. The maximum atomic E-state index is 12.7. The van der Waals surface area contributed by atoms with Crippen molar-refractivity contribution >= 4 is 17.6 Å². The first-order valence-electron chi connectivity index (χ1n) is 8.25. The number of fused-ring (bicyclic) bond motifs is 4. The number of rotatable bonds is 4. The number of likely N-dealkylation sites (N-methyl/N-ethyl adjacent to an activating group) is 1. The lowest BCUT2D eigenvalue weighted by Crippen LogP contribution is -2.45. The van der Waals surface area contributed by atoms with Gasteiger partial charge in [-0.2, -0.15) is 0 Å². The van der Waals surface area contributed by atoms with Crippen molar-refractivity contribution in [3.05, 3.63) is 36.9 Å². The van der Waals surface area contributed by atoms with Crippen molar-refractivity contribution in [2.45, 2.75) is 18.9 Å². The lowest BCUT2D eigenvalue weighted by molar-refractivity contribution is -0.138. The molecule has 4 rings (SSSR count). The Morgan fingerprint density at radius 2 is 2.17 bits per heavy atom. The van der Waals surface area contributed by atoms with Crippen LogP contribution in [0.3, 0.4) is 0 Å². The van der Waals surface area contributed by atoms with Crippen molar-refractivity contribution in [1.82, 2.24) is 9.80 Å². The zero-order valence-electron chi connectivity index (χ0n) is 13.9. The Bertz CT molecular complexity index is 646. The third kappa shape index (κ3) is 3.22. The second kappa shape index (κ2) is 6.95. The first-order chi connectivity index (χ1) is 11.6. The molecule has 2 atom stereocenters. The van der Waals surface area contributed by atoms with Crippen LogP contribution in [0.4, 0.5) is 10.5 Å². The van der Waals surface area contributed by atoms with E-state index in [0.717, 1.165) is 12.8 Å². The second-order valence-electron chi connectivity index (χ2n) is 6.31. The third-order valence-electron chi connectivity index (χ3n) is 4.74. The van der Waals surface area contributed by atoms with Crippen molar-refractivity contribution in [3.63, 3.8) is 0 Å². The van der Waals surface area contributed by atoms with Gasteiger partial charge in [0.05, 0.1) is 11.6 Å². The minimum Gasteiger partial charge on any atom is -0.487 e. The molecule has 6 heteroatoms. The van der Waals surface area contributed by atoms with Gasteiger partial charge in [0.25, 0.3) is 0 Å². The standard InChI is InChI=1S/C18H23N3O3/c1-3-10-24-16-7-5-4-6-15(16)19-18(23)21-11-13-8-9-14(12-21)20(2)17(13)22/h3-7,13-14H,1,8-12H2,2H3,(H,19,23). The SMILES string of the molecule is C=CCOc1ccccc1NC(=O)N1CC2CCC(C1)N(C)C2=O. The van der Waals surface area contributed by atoms with Crippen LogP contribution in [0.2, 0.25) is 0 Å². The molecule has 2 unspecified atom stereocenters. The molecular formula is C18H23N3O3. The average Bonchev–Trinajstić information content (AvgIpc) is 2.88. The van der Waals surface area contributed by atoms with Gasteiger partial charge in [0.1, 0.15) is 12.4 Å². The molecule has 0 aromatic heterocycles. The molecule has 3 fully saturated rings. The summed E-state index contributed by atoms with van der Waals surface area (Å²) in [6.45, 7) is 5.05. The molecule has 3 amide bonds. The van der Waals surface area contributed by atoms with Gasteiger partial charge in [-0.1, -0.05) is 24.8 Å². The fourth-order valence-corrected chi connectivity index (χ4v) is 3.36. The number of urea groups is 1. The monoisotopic (exact) mass is 329 g/mol. The number of ether oxygens (including phenoxy) is 1. The normalized spacial score (nSPS) is 23.0. The molecule has 6 nitrogen and oxygen atoms in total. The number of benzene rings is 1. The summed E-state index contributed by atoms with van der Waals surface area (Å²) >= 11 is 0. The molecule has 1 aromatic rings. The molecule has 128 valence electrons. The molecule has 1 aromatic carbocycles. The molecule has 0 aliphatic carbocycles. The Balaban J connectivity index is 1.72. The molecule has 2 bridgehead atoms. The minimum absolute atomic E-state index is 0.0910. The number of para-hydroxylation sites is 2. The third-order valence-corrected chi connectivity index (χ3v) is 4.74. The van der Waals surface area contributed by atoms with Gasteiger partial charge in [0.2, 0.25) is 5.91 Å². The molecule has 0 spiro atoms. The molecule has 3 heterocycles. The largest absolute Gasteiger partial charge is 0.487 e. The highest BCUT2D eigenvalue weighted by Gasteiger charge is 2.40. The smallest absolute Gasteiger partial charge is 0.322 e. The number of hydrogen-bond acceptors (Lipinski definition) is 3. The van der Waals surface area contributed by atoms with E-state index in [0.29, 0.717) is 31.1 Å². The summed E-state index contributed by atoms with van der Waals surface area (Å²) < 4.78 is 5.57. The highest BCUT2D eigenvalue weighted by atomic mass is 16.5. The summed E-state index contributed by atoms with van der Waals surface area (Å²) in [5, 5.41) is 2.91. The topological polar surface area (TPSA) is 61.9 Å². The Morgan fingerprint density at radius 3 is 2.96 bits per heavy atom. The van der Waals surface area contributed by atoms with E-state index in [1.807, 2.05) is 25.2 Å². The van der Waals surface area contributed by atoms with Gasteiger partial charge in [0.15, 0.2) is 0 Å². The van der Waals surface area contributed by atoms with Gasteiger partial charge in [-0.05, 0) is 25.0 Å². The summed E-state index contributed by atoms with van der Waals surface area (Å²) in [6.07, 6.45) is 3.47. The first-order valence-corrected chi connectivity index (χ1v) is 8.25. The van der Waals surface area contributed by atoms with E-state index in [9.17, 15) is 9.59 Å². The fourth-order valence-electron chi connectivity index (χ4n) is 3.36. The van der Waals surface area contributed by atoms with E-state index in [1.165, 1.54) is 0 Å². The van der Waals surface area contributed by atoms with Gasteiger partial charge < -0.3 is 19.9 Å². The van der Waals surface area contributed by atoms with Crippen molar-refractivity contribution in [2.24, 2.45) is 5.92 Å². The number of nitrogens with zero attached hydrogens (tertiary/aromatic N) is 2. The second-order valence-corrected chi connectivity index (χ2v) is 6.31. The van der Waals surface area contributed by atoms with E-state index < -0.39 is 0 Å². The van der Waals surface area contributed by atoms with Gasteiger partial charge in [-0.3, -0.25) is 4.79 Å². The number of nitrogens with one attached hydrogen (secondary N) is 1. The van der Waals surface area contributed by atoms with Crippen LogP contribution < -0.4 is 10.1 Å². The van der Waals surface area contributed by atoms with Crippen LogP contribution in [0.1, 0.15) is 12.8 Å². The Kier molecular flexibility index (Phi) is 4.74. The Labute approximate surface area is 142 Å². The van der Waals surface area contributed by atoms with E-state index in [1.54, 1.807) is 21.9 Å². The average molecular weight is 329 g/mol. The maximum Gasteiger partial charge on any atom is 0.322 e. The molecule has 3 aliphatic rings. The zero-order chi connectivity index (χ0) is 17.1. The number of hydrogen-bond donors (Lipinski definition) is 1. The highest BCUT2D eigenvalue weighted by molar-refractivity contribution is 5.92. The maximum absolute atomic E-state index is 12.7. The number of carbonyl (C=O) groups excluding carboxylic acids is 2. The summed E-state index contributed by atoms with van der Waals surface area (Å²) in [5.41, 5.74) is 0.626. The lowest BCUT2D eigenvalue weighted by Gasteiger charge is -2.32. The summed E-state index contributed by atoms with van der Waals surface area (Å²) in [7, 11) is 1.83. The molecule has 24 heavy (non-hydrogen) atoms. The van der Waals surface area contributed by atoms with E-state index >= 15 is 0 Å². The van der Waals surface area contributed by atoms with Gasteiger partial charge >= 0.3 is 6.03 Å². The molecular weight excluding hydrogens is 306 g/mol. The van der Waals surface area contributed by atoms with Crippen LogP contribution in [0.5, 0.6) is 5.75 Å². The number of anilines is 1.